The number of nitrogens with two attached hydrogens (primary N) is 1. The van der Waals surface area contributed by atoms with Crippen LogP contribution in [0.3, 0.4) is 0 Å². The highest BCUT2D eigenvalue weighted by Crippen LogP contribution is 2.37. The highest BCUT2D eigenvalue weighted by atomic mass is 16.7. The Morgan fingerprint density at radius 2 is 2.06 bits per heavy atom. The van der Waals surface area contributed by atoms with Crippen LogP contribution in [0.25, 0.3) is 11.4 Å². The molecule has 0 saturated carbocycles. The molecule has 2 N–H and O–H groups in total. The first-order chi connectivity index (χ1) is 8.28. The quantitative estimate of drug-likeness (QED) is 0.839. The highest BCUT2D eigenvalue weighted by Gasteiger charge is 2.18. The van der Waals surface area contributed by atoms with Crippen LogP contribution in [0.4, 0.5) is 0 Å². The lowest BCUT2D eigenvalue weighted by atomic mass is 10.1. The van der Waals surface area contributed by atoms with Gasteiger partial charge in [0, 0.05) is 5.56 Å². The molecule has 2 aromatic rings. The molecule has 0 atom stereocenters. The molecule has 17 heavy (non-hydrogen) atoms. The maximum atomic E-state index is 5.43. The van der Waals surface area contributed by atoms with Gasteiger partial charge in [-0.25, -0.2) is 0 Å². The number of aromatic nitrogens is 2. The zero-order valence-electron chi connectivity index (χ0n) is 9.27. The number of ether oxygens (including phenoxy) is 2. The van der Waals surface area contributed by atoms with Crippen molar-refractivity contribution in [1.82, 2.24) is 10.1 Å². The summed E-state index contributed by atoms with van der Waals surface area (Å²) < 4.78 is 15.6. The second-order valence-electron chi connectivity index (χ2n) is 3.74. The van der Waals surface area contributed by atoms with Gasteiger partial charge in [0.25, 0.3) is 0 Å². The van der Waals surface area contributed by atoms with Crippen LogP contribution in [-0.4, -0.2) is 16.9 Å². The van der Waals surface area contributed by atoms with E-state index in [-0.39, 0.29) is 13.3 Å². The van der Waals surface area contributed by atoms with Crippen LogP contribution in [0.1, 0.15) is 11.5 Å². The predicted octanol–water partition coefficient (Wildman–Crippen LogP) is 1.23. The van der Waals surface area contributed by atoms with Crippen molar-refractivity contribution in [2.75, 3.05) is 6.79 Å². The van der Waals surface area contributed by atoms with E-state index in [4.69, 9.17) is 19.7 Å². The summed E-state index contributed by atoms with van der Waals surface area (Å²) in [6, 6.07) is 3.75. The maximum Gasteiger partial charge on any atom is 0.240 e. The molecule has 0 radical (unpaired) electrons. The molecule has 3 rings (SSSR count). The second-order valence-corrected chi connectivity index (χ2v) is 3.74. The summed E-state index contributed by atoms with van der Waals surface area (Å²) in [5.74, 6) is 2.37. The van der Waals surface area contributed by atoms with Gasteiger partial charge in [0.15, 0.2) is 11.5 Å². The van der Waals surface area contributed by atoms with Crippen LogP contribution >= 0.6 is 0 Å². The predicted molar refractivity (Wildman–Crippen MR) is 58.5 cm³/mol. The average Bonchev–Trinajstić information content (AvgIpc) is 2.94. The van der Waals surface area contributed by atoms with Gasteiger partial charge < -0.3 is 19.7 Å². The number of aryl methyl sites for hydroxylation is 1. The molecule has 0 saturated heterocycles. The second kappa shape index (κ2) is 3.74. The van der Waals surface area contributed by atoms with E-state index in [1.165, 1.54) is 0 Å². The van der Waals surface area contributed by atoms with E-state index in [1.54, 1.807) is 0 Å². The maximum absolute atomic E-state index is 5.43. The normalized spacial score (nSPS) is 13.1. The summed E-state index contributed by atoms with van der Waals surface area (Å²) in [5, 5.41) is 3.88. The first-order valence-electron chi connectivity index (χ1n) is 5.21. The molecule has 2 heterocycles. The van der Waals surface area contributed by atoms with Gasteiger partial charge in [-0.3, -0.25) is 0 Å². The Labute approximate surface area is 97.3 Å². The van der Waals surface area contributed by atoms with Crippen molar-refractivity contribution in [2.24, 2.45) is 5.73 Å². The average molecular weight is 233 g/mol. The van der Waals surface area contributed by atoms with Gasteiger partial charge in [-0.05, 0) is 24.6 Å². The van der Waals surface area contributed by atoms with E-state index >= 15 is 0 Å². The largest absolute Gasteiger partial charge is 0.454 e. The minimum absolute atomic E-state index is 0.233. The fourth-order valence-electron chi connectivity index (χ4n) is 1.73. The minimum atomic E-state index is 0.233. The van der Waals surface area contributed by atoms with Crippen LogP contribution in [0, 0.1) is 6.92 Å². The molecule has 6 nitrogen and oxygen atoms in total. The van der Waals surface area contributed by atoms with Gasteiger partial charge in [0.1, 0.15) is 0 Å². The van der Waals surface area contributed by atoms with Crippen LogP contribution in [0.15, 0.2) is 16.7 Å². The lowest BCUT2D eigenvalue weighted by molar-refractivity contribution is 0.174. The Morgan fingerprint density at radius 1 is 1.29 bits per heavy atom. The number of hydrogen-bond donors (Lipinski definition) is 1. The Morgan fingerprint density at radius 3 is 2.76 bits per heavy atom. The minimum Gasteiger partial charge on any atom is -0.454 e. The Hall–Kier alpha value is -2.08. The van der Waals surface area contributed by atoms with Gasteiger partial charge >= 0.3 is 0 Å². The molecule has 0 bridgehead atoms. The highest BCUT2D eigenvalue weighted by molar-refractivity contribution is 5.65. The van der Waals surface area contributed by atoms with E-state index in [0.717, 1.165) is 16.9 Å². The first-order valence-corrected chi connectivity index (χ1v) is 5.21. The third-order valence-electron chi connectivity index (χ3n) is 2.60. The van der Waals surface area contributed by atoms with Crippen molar-refractivity contribution in [3.05, 3.63) is 23.6 Å². The zero-order valence-corrected chi connectivity index (χ0v) is 9.27. The summed E-state index contributed by atoms with van der Waals surface area (Å²) in [7, 11) is 0. The Kier molecular flexibility index (Phi) is 2.22. The van der Waals surface area contributed by atoms with Gasteiger partial charge in [0.2, 0.25) is 18.5 Å². The van der Waals surface area contributed by atoms with Crippen molar-refractivity contribution in [3.63, 3.8) is 0 Å². The molecular formula is C11H11N3O3. The third-order valence-corrected chi connectivity index (χ3v) is 2.60. The summed E-state index contributed by atoms with van der Waals surface area (Å²) in [4.78, 5) is 4.19. The molecule has 1 aliphatic rings. The van der Waals surface area contributed by atoms with E-state index in [2.05, 4.69) is 10.1 Å². The standard InChI is InChI=1S/C11H11N3O3/c1-6-2-8-9(16-5-15-8)3-7(6)11-13-10(4-12)17-14-11/h2-3H,4-5,12H2,1H3. The van der Waals surface area contributed by atoms with Crippen molar-refractivity contribution in [3.8, 4) is 22.9 Å². The molecule has 6 heteroatoms. The topological polar surface area (TPSA) is 83.4 Å². The van der Waals surface area contributed by atoms with Crippen LogP contribution in [0.5, 0.6) is 11.5 Å². The summed E-state index contributed by atoms with van der Waals surface area (Å²) in [6.45, 7) is 2.44. The lowest BCUT2D eigenvalue weighted by Crippen LogP contribution is -1.95. The lowest BCUT2D eigenvalue weighted by Gasteiger charge is -2.02. The van der Waals surface area contributed by atoms with Gasteiger partial charge in [0.05, 0.1) is 6.54 Å². The molecule has 0 aliphatic carbocycles. The van der Waals surface area contributed by atoms with Crippen LogP contribution in [-0.2, 0) is 6.54 Å². The molecule has 0 fully saturated rings. The van der Waals surface area contributed by atoms with Crippen molar-refractivity contribution < 1.29 is 14.0 Å². The molecule has 1 aromatic heterocycles. The Bertz CT molecular complexity index is 565. The molecule has 0 unspecified atom stereocenters. The number of hydrogen-bond acceptors (Lipinski definition) is 6. The van der Waals surface area contributed by atoms with Gasteiger partial charge in [-0.2, -0.15) is 4.98 Å². The molecule has 0 spiro atoms. The molecule has 88 valence electrons. The molecule has 0 amide bonds. The number of benzene rings is 1. The fraction of sp³-hybridized carbons (Fsp3) is 0.273. The SMILES string of the molecule is Cc1cc2c(cc1-c1noc(CN)n1)OCO2. The van der Waals surface area contributed by atoms with E-state index in [0.29, 0.717) is 17.5 Å². The first kappa shape index (κ1) is 10.1. The number of nitrogens with zero attached hydrogens (tertiary/aromatic N) is 2. The Balaban J connectivity index is 2.08. The van der Waals surface area contributed by atoms with Crippen LogP contribution in [0.2, 0.25) is 0 Å². The van der Waals surface area contributed by atoms with E-state index < -0.39 is 0 Å². The van der Waals surface area contributed by atoms with E-state index in [9.17, 15) is 0 Å². The van der Waals surface area contributed by atoms with E-state index in [1.807, 2.05) is 19.1 Å². The summed E-state index contributed by atoms with van der Waals surface area (Å²) in [5.41, 5.74) is 7.29. The smallest absolute Gasteiger partial charge is 0.240 e. The van der Waals surface area contributed by atoms with Gasteiger partial charge in [-0.1, -0.05) is 5.16 Å². The fourth-order valence-corrected chi connectivity index (χ4v) is 1.73. The summed E-state index contributed by atoms with van der Waals surface area (Å²) in [6.07, 6.45) is 0. The summed E-state index contributed by atoms with van der Waals surface area (Å²) >= 11 is 0. The third kappa shape index (κ3) is 1.62. The zero-order chi connectivity index (χ0) is 11.8. The molecule has 1 aromatic carbocycles. The number of rotatable bonds is 2. The number of fused-ring (bicyclic) bond motifs is 1. The van der Waals surface area contributed by atoms with Gasteiger partial charge in [-0.15, -0.1) is 0 Å². The molecular weight excluding hydrogens is 222 g/mol. The van der Waals surface area contributed by atoms with Crippen molar-refractivity contribution >= 4 is 0 Å². The van der Waals surface area contributed by atoms with Crippen LogP contribution < -0.4 is 15.2 Å². The molecule has 1 aliphatic heterocycles. The monoisotopic (exact) mass is 233 g/mol. The van der Waals surface area contributed by atoms with Crippen molar-refractivity contribution in [1.29, 1.82) is 0 Å². The van der Waals surface area contributed by atoms with Crippen molar-refractivity contribution in [2.45, 2.75) is 13.5 Å².